The van der Waals surface area contributed by atoms with E-state index in [0.29, 0.717) is 22.8 Å². The number of ether oxygens (including phenoxy) is 3. The Bertz CT molecular complexity index is 750. The maximum absolute atomic E-state index is 12.3. The highest BCUT2D eigenvalue weighted by molar-refractivity contribution is 6.46. The summed E-state index contributed by atoms with van der Waals surface area (Å²) in [7, 11) is 3.03. The minimum atomic E-state index is -0.955. The first-order valence-electron chi connectivity index (χ1n) is 6.71. The molecule has 0 bridgehead atoms. The number of carbonyl (C=O) groups excluding carboxylic acids is 2. The van der Waals surface area contributed by atoms with E-state index < -0.39 is 17.7 Å². The van der Waals surface area contributed by atoms with E-state index in [9.17, 15) is 9.59 Å². The summed E-state index contributed by atoms with van der Waals surface area (Å²) < 4.78 is 15.9. The van der Waals surface area contributed by atoms with Gasteiger partial charge in [-0.2, -0.15) is 0 Å². The fraction of sp³-hybridized carbons (Fsp3) is 0.176. The molecule has 1 unspecified atom stereocenters. The molecule has 0 saturated heterocycles. The van der Waals surface area contributed by atoms with Crippen molar-refractivity contribution in [3.63, 3.8) is 0 Å². The molecule has 0 aliphatic carbocycles. The van der Waals surface area contributed by atoms with Gasteiger partial charge < -0.3 is 14.2 Å². The lowest BCUT2D eigenvalue weighted by Crippen LogP contribution is -2.31. The van der Waals surface area contributed by atoms with Crippen LogP contribution in [0.1, 0.15) is 22.0 Å². The van der Waals surface area contributed by atoms with Crippen LogP contribution in [0.5, 0.6) is 17.2 Å². The molecular formula is C17H14O5. The fourth-order valence-electron chi connectivity index (χ4n) is 2.37. The zero-order chi connectivity index (χ0) is 15.7. The predicted octanol–water partition coefficient (Wildman–Crippen LogP) is 2.59. The summed E-state index contributed by atoms with van der Waals surface area (Å²) in [5.41, 5.74) is 0.808. The zero-order valence-electron chi connectivity index (χ0n) is 12.2. The first-order valence-corrected chi connectivity index (χ1v) is 6.71. The molecule has 1 atom stereocenters. The SMILES string of the molecule is COc1cccc(C2Oc3ccc(OC)cc3C(=O)C2=O)c1. The predicted molar refractivity (Wildman–Crippen MR) is 78.7 cm³/mol. The van der Waals surface area contributed by atoms with Crippen LogP contribution in [0.2, 0.25) is 0 Å². The Hall–Kier alpha value is -2.82. The number of carbonyl (C=O) groups is 2. The van der Waals surface area contributed by atoms with Gasteiger partial charge in [0.25, 0.3) is 0 Å². The number of Topliss-reactive ketones (excluding diaryl/α,β-unsaturated/α-hetero) is 2. The third kappa shape index (κ3) is 2.30. The van der Waals surface area contributed by atoms with Crippen molar-refractivity contribution < 1.29 is 23.8 Å². The van der Waals surface area contributed by atoms with Gasteiger partial charge in [0, 0.05) is 5.56 Å². The molecule has 0 amide bonds. The van der Waals surface area contributed by atoms with Gasteiger partial charge in [0.05, 0.1) is 19.8 Å². The molecule has 0 N–H and O–H groups in total. The van der Waals surface area contributed by atoms with Crippen LogP contribution in [0.15, 0.2) is 42.5 Å². The molecule has 5 heteroatoms. The van der Waals surface area contributed by atoms with Gasteiger partial charge in [-0.1, -0.05) is 12.1 Å². The molecule has 1 aliphatic heterocycles. The van der Waals surface area contributed by atoms with E-state index in [-0.39, 0.29) is 5.56 Å². The summed E-state index contributed by atoms with van der Waals surface area (Å²) in [6, 6.07) is 11.8. The van der Waals surface area contributed by atoms with Crippen molar-refractivity contribution in [2.24, 2.45) is 0 Å². The van der Waals surface area contributed by atoms with Crippen LogP contribution in [-0.2, 0) is 4.79 Å². The normalized spacial score (nSPS) is 16.7. The molecule has 0 aromatic heterocycles. The summed E-state index contributed by atoms with van der Waals surface area (Å²) in [5.74, 6) is 0.297. The molecule has 5 nitrogen and oxygen atoms in total. The number of hydrogen-bond acceptors (Lipinski definition) is 5. The molecule has 0 spiro atoms. The maximum Gasteiger partial charge on any atom is 0.248 e. The van der Waals surface area contributed by atoms with Crippen LogP contribution >= 0.6 is 0 Å². The van der Waals surface area contributed by atoms with E-state index >= 15 is 0 Å². The first-order chi connectivity index (χ1) is 10.6. The highest BCUT2D eigenvalue weighted by Gasteiger charge is 2.36. The second-order valence-corrected chi connectivity index (χ2v) is 4.83. The summed E-state index contributed by atoms with van der Waals surface area (Å²) in [6.45, 7) is 0. The van der Waals surface area contributed by atoms with Crippen LogP contribution in [0.25, 0.3) is 0 Å². The van der Waals surface area contributed by atoms with E-state index in [2.05, 4.69) is 0 Å². The van der Waals surface area contributed by atoms with E-state index in [1.807, 2.05) is 0 Å². The average Bonchev–Trinajstić information content (AvgIpc) is 2.57. The quantitative estimate of drug-likeness (QED) is 0.815. The first kappa shape index (κ1) is 14.1. The lowest BCUT2D eigenvalue weighted by molar-refractivity contribution is -0.122. The molecule has 0 saturated carbocycles. The maximum atomic E-state index is 12.3. The highest BCUT2D eigenvalue weighted by atomic mass is 16.5. The van der Waals surface area contributed by atoms with Crippen LogP contribution < -0.4 is 14.2 Å². The molecule has 1 aliphatic rings. The third-order valence-corrected chi connectivity index (χ3v) is 3.53. The Labute approximate surface area is 127 Å². The lowest BCUT2D eigenvalue weighted by Gasteiger charge is -2.24. The third-order valence-electron chi connectivity index (χ3n) is 3.53. The molecule has 0 fully saturated rings. The Kier molecular flexibility index (Phi) is 3.55. The van der Waals surface area contributed by atoms with Gasteiger partial charge in [-0.3, -0.25) is 9.59 Å². The van der Waals surface area contributed by atoms with E-state index in [1.165, 1.54) is 20.3 Å². The van der Waals surface area contributed by atoms with Crippen molar-refractivity contribution >= 4 is 11.6 Å². The summed E-state index contributed by atoms with van der Waals surface area (Å²) in [5, 5.41) is 0. The number of ketones is 2. The van der Waals surface area contributed by atoms with Crippen LogP contribution in [0, 0.1) is 0 Å². The molecule has 2 aromatic rings. The Morgan fingerprint density at radius 3 is 2.41 bits per heavy atom. The smallest absolute Gasteiger partial charge is 0.248 e. The molecule has 0 radical (unpaired) electrons. The molecule has 2 aromatic carbocycles. The standard InChI is InChI=1S/C17H14O5/c1-20-11-5-3-4-10(8-11)17-16(19)15(18)13-9-12(21-2)6-7-14(13)22-17/h3-9,17H,1-2H3. The van der Waals surface area contributed by atoms with E-state index in [4.69, 9.17) is 14.2 Å². The van der Waals surface area contributed by atoms with Crippen molar-refractivity contribution in [1.29, 1.82) is 0 Å². The summed E-state index contributed by atoms with van der Waals surface area (Å²) in [6.07, 6.45) is -0.955. The van der Waals surface area contributed by atoms with Gasteiger partial charge in [-0.05, 0) is 30.3 Å². The second-order valence-electron chi connectivity index (χ2n) is 4.83. The Morgan fingerprint density at radius 2 is 1.68 bits per heavy atom. The number of hydrogen-bond donors (Lipinski definition) is 0. The number of fused-ring (bicyclic) bond motifs is 1. The number of rotatable bonds is 3. The van der Waals surface area contributed by atoms with Crippen molar-refractivity contribution in [2.45, 2.75) is 6.10 Å². The van der Waals surface area contributed by atoms with Crippen LogP contribution in [0.4, 0.5) is 0 Å². The van der Waals surface area contributed by atoms with Gasteiger partial charge in [-0.15, -0.1) is 0 Å². The molecule has 112 valence electrons. The average molecular weight is 298 g/mol. The molecule has 22 heavy (non-hydrogen) atoms. The highest BCUT2D eigenvalue weighted by Crippen LogP contribution is 2.35. The van der Waals surface area contributed by atoms with E-state index in [1.54, 1.807) is 36.4 Å². The van der Waals surface area contributed by atoms with Crippen molar-refractivity contribution in [3.05, 3.63) is 53.6 Å². The van der Waals surface area contributed by atoms with E-state index in [0.717, 1.165) is 0 Å². The topological polar surface area (TPSA) is 61.8 Å². The van der Waals surface area contributed by atoms with Gasteiger partial charge in [0.2, 0.25) is 11.6 Å². The zero-order valence-corrected chi connectivity index (χ0v) is 12.2. The Morgan fingerprint density at radius 1 is 0.955 bits per heavy atom. The monoisotopic (exact) mass is 298 g/mol. The van der Waals surface area contributed by atoms with Crippen molar-refractivity contribution in [1.82, 2.24) is 0 Å². The largest absolute Gasteiger partial charge is 0.497 e. The number of methoxy groups -OCH3 is 2. The summed E-state index contributed by atoms with van der Waals surface area (Å²) in [4.78, 5) is 24.6. The van der Waals surface area contributed by atoms with Crippen LogP contribution in [-0.4, -0.2) is 25.8 Å². The second kappa shape index (κ2) is 5.52. The Balaban J connectivity index is 2.02. The molecule has 3 rings (SSSR count). The lowest BCUT2D eigenvalue weighted by atomic mass is 9.95. The van der Waals surface area contributed by atoms with Crippen LogP contribution in [0.3, 0.4) is 0 Å². The minimum Gasteiger partial charge on any atom is -0.497 e. The van der Waals surface area contributed by atoms with Gasteiger partial charge in [-0.25, -0.2) is 0 Å². The van der Waals surface area contributed by atoms with Gasteiger partial charge in [0.15, 0.2) is 6.10 Å². The minimum absolute atomic E-state index is 0.225. The van der Waals surface area contributed by atoms with Crippen molar-refractivity contribution in [2.75, 3.05) is 14.2 Å². The molecule has 1 heterocycles. The van der Waals surface area contributed by atoms with Crippen molar-refractivity contribution in [3.8, 4) is 17.2 Å². The summed E-state index contributed by atoms with van der Waals surface area (Å²) >= 11 is 0. The number of benzene rings is 2. The fourth-order valence-corrected chi connectivity index (χ4v) is 2.37. The van der Waals surface area contributed by atoms with Gasteiger partial charge >= 0.3 is 0 Å². The molecular weight excluding hydrogens is 284 g/mol. The van der Waals surface area contributed by atoms with Gasteiger partial charge in [0.1, 0.15) is 17.2 Å².